The molecule has 0 aliphatic rings. The van der Waals surface area contributed by atoms with E-state index in [-0.39, 0.29) is 5.82 Å². The molecule has 0 bridgehead atoms. The fourth-order valence-corrected chi connectivity index (χ4v) is 2.82. The summed E-state index contributed by atoms with van der Waals surface area (Å²) in [6.07, 6.45) is 0. The van der Waals surface area contributed by atoms with E-state index in [1.807, 2.05) is 25.2 Å². The summed E-state index contributed by atoms with van der Waals surface area (Å²) in [4.78, 5) is 1.14. The van der Waals surface area contributed by atoms with Crippen molar-refractivity contribution in [3.63, 3.8) is 0 Å². The number of nitriles is 1. The number of rotatable bonds is 5. The minimum absolute atomic E-state index is 0.358. The fourth-order valence-electron chi connectivity index (χ4n) is 1.91. The zero-order chi connectivity index (χ0) is 14.4. The summed E-state index contributed by atoms with van der Waals surface area (Å²) in [5.41, 5.74) is 2.41. The maximum absolute atomic E-state index is 13.3. The van der Waals surface area contributed by atoms with Gasteiger partial charge in [0.05, 0.1) is 11.6 Å². The summed E-state index contributed by atoms with van der Waals surface area (Å²) in [5, 5.41) is 11.9. The van der Waals surface area contributed by atoms with Gasteiger partial charge in [-0.2, -0.15) is 5.26 Å². The van der Waals surface area contributed by atoms with E-state index in [2.05, 4.69) is 17.4 Å². The van der Waals surface area contributed by atoms with Crippen molar-refractivity contribution in [2.45, 2.75) is 17.2 Å². The third kappa shape index (κ3) is 4.09. The molecule has 0 heterocycles. The van der Waals surface area contributed by atoms with Crippen molar-refractivity contribution in [3.8, 4) is 6.07 Å². The maximum Gasteiger partial charge on any atom is 0.124 e. The molecule has 0 saturated carbocycles. The Morgan fingerprint density at radius 1 is 1.20 bits per heavy atom. The molecule has 0 atom stereocenters. The van der Waals surface area contributed by atoms with Crippen LogP contribution in [0.2, 0.25) is 0 Å². The Hall–Kier alpha value is -1.83. The average molecular weight is 286 g/mol. The van der Waals surface area contributed by atoms with E-state index in [9.17, 15) is 4.39 Å². The highest BCUT2D eigenvalue weighted by atomic mass is 32.2. The van der Waals surface area contributed by atoms with E-state index >= 15 is 0 Å². The van der Waals surface area contributed by atoms with Crippen LogP contribution in [-0.4, -0.2) is 7.05 Å². The van der Waals surface area contributed by atoms with Gasteiger partial charge in [-0.15, -0.1) is 11.8 Å². The minimum Gasteiger partial charge on any atom is -0.316 e. The van der Waals surface area contributed by atoms with Crippen molar-refractivity contribution < 1.29 is 4.39 Å². The SMILES string of the molecule is CNCc1cccc(SCc2cc(F)cc(C#N)c2)c1. The first-order valence-electron chi connectivity index (χ1n) is 6.27. The van der Waals surface area contributed by atoms with Crippen molar-refractivity contribution in [1.82, 2.24) is 5.32 Å². The van der Waals surface area contributed by atoms with Gasteiger partial charge in [0.2, 0.25) is 0 Å². The minimum atomic E-state index is -0.358. The van der Waals surface area contributed by atoms with E-state index in [1.165, 1.54) is 17.7 Å². The first kappa shape index (κ1) is 14.6. The predicted octanol–water partition coefficient (Wildman–Crippen LogP) is 3.71. The Morgan fingerprint density at radius 3 is 2.80 bits per heavy atom. The van der Waals surface area contributed by atoms with Crippen LogP contribution in [0, 0.1) is 17.1 Å². The Bertz CT molecular complexity index is 635. The number of halogens is 1. The first-order valence-corrected chi connectivity index (χ1v) is 7.26. The van der Waals surface area contributed by atoms with Gasteiger partial charge in [-0.25, -0.2) is 4.39 Å². The average Bonchev–Trinajstić information content (AvgIpc) is 2.45. The summed E-state index contributed by atoms with van der Waals surface area (Å²) in [6.45, 7) is 0.826. The van der Waals surface area contributed by atoms with Crippen LogP contribution in [0.25, 0.3) is 0 Å². The highest BCUT2D eigenvalue weighted by Crippen LogP contribution is 2.24. The summed E-state index contributed by atoms with van der Waals surface area (Å²) in [5.74, 6) is 0.290. The zero-order valence-corrected chi connectivity index (χ0v) is 12.0. The molecule has 2 aromatic rings. The number of nitrogens with zero attached hydrogens (tertiary/aromatic N) is 1. The highest BCUT2D eigenvalue weighted by molar-refractivity contribution is 7.98. The fraction of sp³-hybridized carbons (Fsp3) is 0.188. The van der Waals surface area contributed by atoms with Crippen LogP contribution in [0.4, 0.5) is 4.39 Å². The van der Waals surface area contributed by atoms with Gasteiger partial charge in [0.15, 0.2) is 0 Å². The monoisotopic (exact) mass is 286 g/mol. The van der Waals surface area contributed by atoms with Gasteiger partial charge in [-0.1, -0.05) is 12.1 Å². The number of hydrogen-bond acceptors (Lipinski definition) is 3. The van der Waals surface area contributed by atoms with Crippen molar-refractivity contribution in [1.29, 1.82) is 5.26 Å². The van der Waals surface area contributed by atoms with E-state index in [0.717, 1.165) is 17.0 Å². The van der Waals surface area contributed by atoms with Crippen molar-refractivity contribution in [2.24, 2.45) is 0 Å². The second-order valence-corrected chi connectivity index (χ2v) is 5.48. The van der Waals surface area contributed by atoms with E-state index < -0.39 is 0 Å². The molecule has 0 radical (unpaired) electrons. The Morgan fingerprint density at radius 2 is 2.05 bits per heavy atom. The predicted molar refractivity (Wildman–Crippen MR) is 79.9 cm³/mol. The van der Waals surface area contributed by atoms with Crippen LogP contribution in [0.3, 0.4) is 0 Å². The molecule has 2 rings (SSSR count). The van der Waals surface area contributed by atoms with Crippen molar-refractivity contribution in [3.05, 3.63) is 65.0 Å². The number of benzene rings is 2. The molecular weight excluding hydrogens is 271 g/mol. The van der Waals surface area contributed by atoms with Crippen LogP contribution in [0.15, 0.2) is 47.4 Å². The number of nitrogens with one attached hydrogen (secondary N) is 1. The lowest BCUT2D eigenvalue weighted by atomic mass is 10.1. The van der Waals surface area contributed by atoms with Gasteiger partial charge in [-0.05, 0) is 48.5 Å². The molecule has 0 saturated heterocycles. The van der Waals surface area contributed by atoms with E-state index in [1.54, 1.807) is 17.8 Å². The molecule has 1 N–H and O–H groups in total. The van der Waals surface area contributed by atoms with E-state index in [0.29, 0.717) is 11.3 Å². The van der Waals surface area contributed by atoms with E-state index in [4.69, 9.17) is 5.26 Å². The molecule has 0 aromatic heterocycles. The molecule has 0 fully saturated rings. The quantitative estimate of drug-likeness (QED) is 0.851. The number of thioether (sulfide) groups is 1. The maximum atomic E-state index is 13.3. The molecule has 0 aliphatic heterocycles. The van der Waals surface area contributed by atoms with Gasteiger partial charge < -0.3 is 5.32 Å². The normalized spacial score (nSPS) is 10.2. The van der Waals surface area contributed by atoms with Crippen molar-refractivity contribution >= 4 is 11.8 Å². The summed E-state index contributed by atoms with van der Waals surface area (Å²) < 4.78 is 13.3. The molecule has 2 nitrogen and oxygen atoms in total. The molecule has 0 spiro atoms. The van der Waals surface area contributed by atoms with Crippen LogP contribution in [0.1, 0.15) is 16.7 Å². The van der Waals surface area contributed by atoms with Crippen LogP contribution < -0.4 is 5.32 Å². The molecule has 0 aliphatic carbocycles. The largest absolute Gasteiger partial charge is 0.316 e. The smallest absolute Gasteiger partial charge is 0.124 e. The van der Waals surface area contributed by atoms with Crippen LogP contribution >= 0.6 is 11.8 Å². The Labute approximate surface area is 122 Å². The third-order valence-corrected chi connectivity index (χ3v) is 3.84. The number of hydrogen-bond donors (Lipinski definition) is 1. The van der Waals surface area contributed by atoms with Gasteiger partial charge in [0.1, 0.15) is 5.82 Å². The second kappa shape index (κ2) is 7.09. The Balaban J connectivity index is 2.07. The lowest BCUT2D eigenvalue weighted by Crippen LogP contribution is -2.04. The van der Waals surface area contributed by atoms with Crippen LogP contribution in [0.5, 0.6) is 0 Å². The molecular formula is C16H15FN2S. The molecule has 0 unspecified atom stereocenters. The van der Waals surface area contributed by atoms with Gasteiger partial charge in [-0.3, -0.25) is 0 Å². The van der Waals surface area contributed by atoms with Gasteiger partial charge >= 0.3 is 0 Å². The summed E-state index contributed by atoms with van der Waals surface area (Å²) >= 11 is 1.64. The third-order valence-electron chi connectivity index (χ3n) is 2.77. The highest BCUT2D eigenvalue weighted by Gasteiger charge is 2.02. The molecule has 4 heteroatoms. The zero-order valence-electron chi connectivity index (χ0n) is 11.2. The summed E-state index contributed by atoms with van der Waals surface area (Å²) in [6, 6.07) is 14.7. The molecule has 0 amide bonds. The molecule has 20 heavy (non-hydrogen) atoms. The molecule has 2 aromatic carbocycles. The first-order chi connectivity index (χ1) is 9.71. The van der Waals surface area contributed by atoms with Crippen molar-refractivity contribution in [2.75, 3.05) is 7.05 Å². The standard InChI is InChI=1S/C16H15FN2S/c1-19-10-12-3-2-4-16(8-12)20-11-14-5-13(9-18)6-15(17)7-14/h2-8,19H,10-11H2,1H3. The second-order valence-electron chi connectivity index (χ2n) is 4.43. The Kier molecular flexibility index (Phi) is 5.16. The lowest BCUT2D eigenvalue weighted by molar-refractivity contribution is 0.626. The van der Waals surface area contributed by atoms with Gasteiger partial charge in [0.25, 0.3) is 0 Å². The summed E-state index contributed by atoms with van der Waals surface area (Å²) in [7, 11) is 1.91. The molecule has 102 valence electrons. The lowest BCUT2D eigenvalue weighted by Gasteiger charge is -2.06. The van der Waals surface area contributed by atoms with Gasteiger partial charge in [0, 0.05) is 17.2 Å². The topological polar surface area (TPSA) is 35.8 Å². The van der Waals surface area contributed by atoms with Crippen LogP contribution in [-0.2, 0) is 12.3 Å².